The van der Waals surface area contributed by atoms with Gasteiger partial charge in [-0.1, -0.05) is 417 Å². The predicted octanol–water partition coefficient (Wildman–Crippen LogP) is 39.9. The molecule has 0 aromatic heterocycles. The molecule has 0 aromatic rings. The standard InChI is InChI=1S/C36H75O4P.2C24H51O4P.C10H21Cl2O4P.C9H21O4P/c1-4-7-10-13-16-19-22-25-28-31-34-38-41(37,39-35-32-29-26-23-20-17-14-11-8-5-2)40-36-33-30-27-24-21-18-15-12-9-6-3;1-7-13-16-19-22(10-4)26-29(25,27-23(11-5)20-17-14-8-2)28-24(12-6)21-18-15-9-3;1-4-7-10-13-16-19-22-26-29(25,27-23-20-17-14-11-8-5-2)28-24-21-18-15-12-9-6-3;1-5-8(2)14-17(13,15-9(3)6-11)16-10(4)7-12;1-7(2)11-14(10,12-8(3)4)13-9(5)6/h4-36H2,1-3H3;22-24H,7-21H2,1-6H3;4-24H2,1-3H3;8-10H,5-7H2,1-4H3;7-9H,1-6H3. The topological polar surface area (TPSA) is 224 Å². The minimum Gasteiger partial charge on any atom is -0.287 e. The lowest BCUT2D eigenvalue weighted by atomic mass is 10.1. The molecule has 0 amide bonds. The highest BCUT2D eigenvalue weighted by molar-refractivity contribution is 7.49. The van der Waals surface area contributed by atoms with Crippen molar-refractivity contribution in [2.45, 2.75) is 618 Å². The van der Waals surface area contributed by atoms with Crippen LogP contribution in [0.1, 0.15) is 563 Å². The maximum atomic E-state index is 13.8. The molecule has 0 saturated carbocycles. The zero-order valence-corrected chi connectivity index (χ0v) is 95.2. The molecule has 0 aliphatic carbocycles. The van der Waals surface area contributed by atoms with Crippen molar-refractivity contribution in [2.75, 3.05) is 51.4 Å². The van der Waals surface area contributed by atoms with E-state index in [-0.39, 0.29) is 54.5 Å². The van der Waals surface area contributed by atoms with Crippen molar-refractivity contribution < 1.29 is 90.7 Å². The summed E-state index contributed by atoms with van der Waals surface area (Å²) >= 11 is 11.2. The first-order valence-corrected chi connectivity index (χ1v) is 63.0. The Hall–Kier alpha value is 1.13. The molecular weight excluding hydrogens is 1780 g/mol. The molecule has 6 atom stereocenters. The van der Waals surface area contributed by atoms with Gasteiger partial charge in [-0.2, -0.15) is 0 Å². The minimum absolute atomic E-state index is 0.0614. The van der Waals surface area contributed by atoms with Crippen molar-refractivity contribution in [1.82, 2.24) is 0 Å². The number of unbranched alkanes of at least 4 members (excludes halogenated alkanes) is 48. The van der Waals surface area contributed by atoms with Crippen LogP contribution in [0.3, 0.4) is 0 Å². The van der Waals surface area contributed by atoms with E-state index in [0.29, 0.717) is 46.1 Å². The van der Waals surface area contributed by atoms with Gasteiger partial charge in [0.1, 0.15) is 0 Å². The molecule has 27 heteroatoms. The molecule has 0 saturated heterocycles. The van der Waals surface area contributed by atoms with Crippen molar-refractivity contribution in [3.63, 3.8) is 0 Å². The van der Waals surface area contributed by atoms with Gasteiger partial charge in [0.15, 0.2) is 0 Å². The lowest BCUT2D eigenvalue weighted by Gasteiger charge is -2.29. The van der Waals surface area contributed by atoms with Crippen LogP contribution in [-0.4, -0.2) is 106 Å². The molecule has 0 bridgehead atoms. The van der Waals surface area contributed by atoms with Crippen LogP contribution in [0.15, 0.2) is 0 Å². The first-order valence-electron chi connectivity index (χ1n) is 54.6. The first-order chi connectivity index (χ1) is 62.5. The Morgan fingerprint density at radius 2 is 0.331 bits per heavy atom. The SMILES string of the molecule is CC(C)OP(=O)(OC(C)C)OC(C)C.CCC(C)OP(=O)(OC(C)CCl)OC(C)CCl.CCCCCC(CC)OP(=O)(OC(CC)CCCCC)OC(CC)CCCCC.CCCCCCCCCCCCOP(=O)(OCCCCCCCCCCCC)OCCCCCCCCCCCC.CCCCCCCCOP(=O)(OCCCCCCCC)OCCCCCCCC. The van der Waals surface area contributed by atoms with E-state index < -0.39 is 51.3 Å². The van der Waals surface area contributed by atoms with E-state index in [4.69, 9.17) is 91.1 Å². The van der Waals surface area contributed by atoms with Gasteiger partial charge in [-0.15, -0.1) is 23.2 Å². The number of hydrogen-bond donors (Lipinski definition) is 0. The number of alkyl halides is 2. The van der Waals surface area contributed by atoms with Crippen molar-refractivity contribution in [2.24, 2.45) is 0 Å². The summed E-state index contributed by atoms with van der Waals surface area (Å²) in [5.74, 6) is 0.430. The van der Waals surface area contributed by atoms with Crippen LogP contribution in [0.5, 0.6) is 0 Å². The van der Waals surface area contributed by atoms with Gasteiger partial charge < -0.3 is 0 Å². The lowest BCUT2D eigenvalue weighted by Crippen LogP contribution is -2.21. The third kappa shape index (κ3) is 101. The van der Waals surface area contributed by atoms with Crippen molar-refractivity contribution >= 4 is 62.3 Å². The maximum Gasteiger partial charge on any atom is 0.475 e. The third-order valence-corrected chi connectivity index (χ3v) is 31.5. The fourth-order valence-corrected chi connectivity index (χ4v) is 22.2. The van der Waals surface area contributed by atoms with Crippen LogP contribution in [0.25, 0.3) is 0 Å². The molecule has 0 radical (unpaired) electrons. The molecule has 0 fully saturated rings. The van der Waals surface area contributed by atoms with Gasteiger partial charge in [0, 0.05) is 11.8 Å². The Bertz CT molecular complexity index is 2250. The number of phosphoric ester groups is 5. The number of rotatable bonds is 96. The zero-order chi connectivity index (χ0) is 98.2. The van der Waals surface area contributed by atoms with E-state index in [1.54, 1.807) is 62.3 Å². The van der Waals surface area contributed by atoms with Gasteiger partial charge in [-0.3, -0.25) is 67.9 Å². The second kappa shape index (κ2) is 103. The summed E-state index contributed by atoms with van der Waals surface area (Å²) in [6, 6.07) is 0. The molecule has 0 rings (SSSR count). The average molecular weight is 2000 g/mol. The summed E-state index contributed by atoms with van der Waals surface area (Å²) in [6.07, 6.45) is 74.1. The second-order valence-corrected chi connectivity index (χ2v) is 45.4. The van der Waals surface area contributed by atoms with Gasteiger partial charge in [0.05, 0.1) is 94.6 Å². The van der Waals surface area contributed by atoms with Crippen molar-refractivity contribution in [3.05, 3.63) is 0 Å². The fourth-order valence-electron chi connectivity index (χ4n) is 13.9. The number of phosphoric acid groups is 5. The lowest BCUT2D eigenvalue weighted by molar-refractivity contribution is 0.0203. The zero-order valence-electron chi connectivity index (χ0n) is 89.3. The van der Waals surface area contributed by atoms with Crippen LogP contribution >= 0.6 is 62.3 Å². The van der Waals surface area contributed by atoms with Gasteiger partial charge in [-0.25, -0.2) is 22.8 Å². The van der Waals surface area contributed by atoms with Crippen molar-refractivity contribution in [1.29, 1.82) is 0 Å². The predicted molar refractivity (Wildman–Crippen MR) is 559 cm³/mol. The monoisotopic (exact) mass is 2000 g/mol. The average Bonchev–Trinajstić information content (AvgIpc) is 0.719. The molecule has 20 nitrogen and oxygen atoms in total. The summed E-state index contributed by atoms with van der Waals surface area (Å²) < 4.78 is 148. The van der Waals surface area contributed by atoms with Crippen LogP contribution < -0.4 is 0 Å². The van der Waals surface area contributed by atoms with Gasteiger partial charge in [0.25, 0.3) is 0 Å². The first kappa shape index (κ1) is 140. The normalized spacial score (nSPS) is 14.4. The Labute approximate surface area is 817 Å². The van der Waals surface area contributed by atoms with E-state index in [9.17, 15) is 22.8 Å². The van der Waals surface area contributed by atoms with Crippen LogP contribution in [0, 0.1) is 0 Å². The van der Waals surface area contributed by atoms with Crippen LogP contribution in [0.2, 0.25) is 0 Å². The molecule has 130 heavy (non-hydrogen) atoms. The van der Waals surface area contributed by atoms with Gasteiger partial charge in [0.2, 0.25) is 0 Å². The fraction of sp³-hybridized carbons (Fsp3) is 1.00. The van der Waals surface area contributed by atoms with E-state index in [0.717, 1.165) is 135 Å². The van der Waals surface area contributed by atoms with E-state index in [1.165, 1.54) is 270 Å². The van der Waals surface area contributed by atoms with Gasteiger partial charge >= 0.3 is 39.1 Å². The quantitative estimate of drug-likeness (QED) is 0.0313. The van der Waals surface area contributed by atoms with Crippen LogP contribution in [0.4, 0.5) is 0 Å². The van der Waals surface area contributed by atoms with Crippen LogP contribution in [-0.2, 0) is 90.7 Å². The van der Waals surface area contributed by atoms with E-state index in [1.807, 2.05) is 6.92 Å². The molecular formula is C103H219Cl2O20P5. The molecule has 0 aromatic carbocycles. The summed E-state index contributed by atoms with van der Waals surface area (Å²) in [6.45, 7) is 47.1. The number of hydrogen-bond acceptors (Lipinski definition) is 20. The summed E-state index contributed by atoms with van der Waals surface area (Å²) in [7, 11) is -17.4. The van der Waals surface area contributed by atoms with Crippen molar-refractivity contribution in [3.8, 4) is 0 Å². The maximum absolute atomic E-state index is 13.8. The van der Waals surface area contributed by atoms with E-state index >= 15 is 0 Å². The molecule has 0 aliphatic rings. The Morgan fingerprint density at radius 3 is 0.492 bits per heavy atom. The number of halogens is 2. The summed E-state index contributed by atoms with van der Waals surface area (Å²) in [5, 5.41) is 0. The Morgan fingerprint density at radius 1 is 0.177 bits per heavy atom. The second-order valence-electron chi connectivity index (χ2n) is 36.9. The molecule has 0 spiro atoms. The molecule has 0 aliphatic heterocycles. The molecule has 0 N–H and O–H groups in total. The Balaban J connectivity index is -0.000000524. The molecule has 790 valence electrons. The highest BCUT2D eigenvalue weighted by Crippen LogP contribution is 2.57. The smallest absolute Gasteiger partial charge is 0.287 e. The largest absolute Gasteiger partial charge is 0.475 e. The third-order valence-electron chi connectivity index (χ3n) is 22.0. The van der Waals surface area contributed by atoms with Gasteiger partial charge in [-0.05, 0) is 146 Å². The summed E-state index contributed by atoms with van der Waals surface area (Å²) in [4.78, 5) is 0. The summed E-state index contributed by atoms with van der Waals surface area (Å²) in [5.41, 5.74) is 0. The highest BCUT2D eigenvalue weighted by Gasteiger charge is 2.37. The highest BCUT2D eigenvalue weighted by atomic mass is 35.5. The Kier molecular flexibility index (Phi) is 111. The molecule has 6 unspecified atom stereocenters. The minimum atomic E-state index is -3.61. The van der Waals surface area contributed by atoms with E-state index in [2.05, 4.69) is 83.1 Å². The molecule has 0 heterocycles.